The maximum atomic E-state index is 13.5. The minimum absolute atomic E-state index is 0.369. The Morgan fingerprint density at radius 3 is 2.69 bits per heavy atom. The van der Waals surface area contributed by atoms with Crippen LogP contribution in [0.1, 0.15) is 13.3 Å². The number of rotatable bonds is 1. The van der Waals surface area contributed by atoms with Crippen molar-refractivity contribution in [3.8, 4) is 0 Å². The van der Waals surface area contributed by atoms with E-state index >= 15 is 0 Å². The minimum Gasteiger partial charge on any atom is -0.340 e. The van der Waals surface area contributed by atoms with Crippen molar-refractivity contribution in [1.82, 2.24) is 9.97 Å². The molecular weight excluding hydrogens is 212 g/mol. The van der Waals surface area contributed by atoms with Gasteiger partial charge in [-0.05, 0) is 12.5 Å². The maximum Gasteiger partial charge on any atom is 0.259 e. The first-order valence-corrected chi connectivity index (χ1v) is 5.45. The van der Waals surface area contributed by atoms with Gasteiger partial charge in [-0.15, -0.1) is 0 Å². The zero-order chi connectivity index (χ0) is 11.4. The van der Waals surface area contributed by atoms with Gasteiger partial charge in [-0.25, -0.2) is 18.7 Å². The van der Waals surface area contributed by atoms with Crippen molar-refractivity contribution in [2.24, 2.45) is 11.3 Å². The fourth-order valence-electron chi connectivity index (χ4n) is 2.65. The molecular formula is C11H13F2N3. The predicted molar refractivity (Wildman–Crippen MR) is 55.4 cm³/mol. The molecule has 1 saturated heterocycles. The lowest BCUT2D eigenvalue weighted by Gasteiger charge is -2.28. The number of anilines is 1. The normalized spacial score (nSPS) is 35.7. The molecule has 5 heteroatoms. The zero-order valence-corrected chi connectivity index (χ0v) is 9.03. The number of hydrogen-bond donors (Lipinski definition) is 0. The lowest BCUT2D eigenvalue weighted by Crippen LogP contribution is -2.35. The smallest absolute Gasteiger partial charge is 0.259 e. The van der Waals surface area contributed by atoms with Crippen molar-refractivity contribution in [2.45, 2.75) is 19.3 Å². The van der Waals surface area contributed by atoms with Crippen molar-refractivity contribution < 1.29 is 8.78 Å². The second kappa shape index (κ2) is 2.90. The summed E-state index contributed by atoms with van der Waals surface area (Å²) in [5.74, 6) is -2.47. The van der Waals surface area contributed by atoms with Gasteiger partial charge in [-0.3, -0.25) is 0 Å². The molecule has 0 N–H and O–H groups in total. The van der Waals surface area contributed by atoms with Crippen molar-refractivity contribution in [2.75, 3.05) is 18.0 Å². The van der Waals surface area contributed by atoms with E-state index in [2.05, 4.69) is 9.97 Å². The molecule has 2 fully saturated rings. The summed E-state index contributed by atoms with van der Waals surface area (Å²) < 4.78 is 27.0. The number of piperidine rings is 1. The molecule has 2 atom stereocenters. The van der Waals surface area contributed by atoms with Crippen LogP contribution in [0, 0.1) is 11.3 Å². The third-order valence-electron chi connectivity index (χ3n) is 4.02. The number of nitrogens with zero attached hydrogens (tertiary/aromatic N) is 3. The molecule has 3 nitrogen and oxygen atoms in total. The molecule has 1 aliphatic heterocycles. The quantitative estimate of drug-likeness (QED) is 0.731. The fraction of sp³-hybridized carbons (Fsp3) is 0.636. The highest BCUT2D eigenvalue weighted by atomic mass is 19.3. The molecule has 16 heavy (non-hydrogen) atoms. The number of alkyl halides is 2. The molecule has 0 radical (unpaired) electrons. The Morgan fingerprint density at radius 2 is 2.06 bits per heavy atom. The van der Waals surface area contributed by atoms with Crippen LogP contribution >= 0.6 is 0 Å². The van der Waals surface area contributed by atoms with E-state index in [9.17, 15) is 8.78 Å². The van der Waals surface area contributed by atoms with Gasteiger partial charge >= 0.3 is 0 Å². The van der Waals surface area contributed by atoms with Crippen molar-refractivity contribution in [1.29, 1.82) is 0 Å². The summed E-state index contributed by atoms with van der Waals surface area (Å²) in [4.78, 5) is 10.0. The summed E-state index contributed by atoms with van der Waals surface area (Å²) in [7, 11) is 0. The largest absolute Gasteiger partial charge is 0.340 e. The van der Waals surface area contributed by atoms with Crippen LogP contribution in [0.3, 0.4) is 0 Å². The van der Waals surface area contributed by atoms with E-state index in [1.165, 1.54) is 0 Å². The highest BCUT2D eigenvalue weighted by Gasteiger charge is 2.78. The average Bonchev–Trinajstić information content (AvgIpc) is 2.74. The summed E-state index contributed by atoms with van der Waals surface area (Å²) in [6.07, 6.45) is 3.80. The lowest BCUT2D eigenvalue weighted by molar-refractivity contribution is 0.0636. The number of hydrogen-bond acceptors (Lipinski definition) is 3. The van der Waals surface area contributed by atoms with Crippen LogP contribution < -0.4 is 4.90 Å². The molecule has 1 aromatic heterocycles. The van der Waals surface area contributed by atoms with Crippen LogP contribution in [0.4, 0.5) is 14.7 Å². The van der Waals surface area contributed by atoms with Gasteiger partial charge in [0.1, 0.15) is 0 Å². The van der Waals surface area contributed by atoms with Crippen molar-refractivity contribution in [3.05, 3.63) is 18.5 Å². The molecule has 1 saturated carbocycles. The first-order valence-electron chi connectivity index (χ1n) is 5.45. The zero-order valence-electron chi connectivity index (χ0n) is 9.03. The first kappa shape index (κ1) is 9.93. The van der Waals surface area contributed by atoms with E-state index < -0.39 is 17.3 Å². The maximum absolute atomic E-state index is 13.5. The van der Waals surface area contributed by atoms with E-state index in [0.29, 0.717) is 25.5 Å². The van der Waals surface area contributed by atoms with E-state index in [0.717, 1.165) is 0 Å². The van der Waals surface area contributed by atoms with Gasteiger partial charge in [0.25, 0.3) is 5.92 Å². The molecule has 0 bridgehead atoms. The predicted octanol–water partition coefficient (Wildman–Crippen LogP) is 1.96. The standard InChI is InChI=1S/C11H13F2N3/c1-10-3-6-16(7-8(10)11(10,12)13)9-14-4-2-5-15-9/h2,4-5,8H,3,6-7H2,1H3. The Labute approximate surface area is 92.5 Å². The molecule has 0 spiro atoms. The van der Waals surface area contributed by atoms with Gasteiger partial charge in [-0.2, -0.15) is 0 Å². The van der Waals surface area contributed by atoms with E-state index in [-0.39, 0.29) is 0 Å². The van der Waals surface area contributed by atoms with Crippen LogP contribution in [0.5, 0.6) is 0 Å². The second-order valence-corrected chi connectivity index (χ2v) is 4.84. The number of halogens is 2. The Kier molecular flexibility index (Phi) is 1.80. The van der Waals surface area contributed by atoms with E-state index in [1.807, 2.05) is 4.90 Å². The summed E-state index contributed by atoms with van der Waals surface area (Å²) >= 11 is 0. The third-order valence-corrected chi connectivity index (χ3v) is 4.02. The van der Waals surface area contributed by atoms with Crippen LogP contribution in [-0.4, -0.2) is 29.0 Å². The Hall–Kier alpha value is -1.26. The first-order chi connectivity index (χ1) is 7.56. The van der Waals surface area contributed by atoms with Gasteiger partial charge in [0.15, 0.2) is 0 Å². The summed E-state index contributed by atoms with van der Waals surface area (Å²) in [5.41, 5.74) is -0.779. The number of aromatic nitrogens is 2. The third kappa shape index (κ3) is 1.11. The van der Waals surface area contributed by atoms with Crippen LogP contribution in [0.15, 0.2) is 18.5 Å². The highest BCUT2D eigenvalue weighted by molar-refractivity contribution is 5.35. The van der Waals surface area contributed by atoms with Gasteiger partial charge in [-0.1, -0.05) is 6.92 Å². The van der Waals surface area contributed by atoms with Gasteiger partial charge in [0, 0.05) is 30.9 Å². The summed E-state index contributed by atoms with van der Waals surface area (Å²) in [6, 6.07) is 1.73. The van der Waals surface area contributed by atoms with Gasteiger partial charge in [0.2, 0.25) is 5.95 Å². The highest BCUT2D eigenvalue weighted by Crippen LogP contribution is 2.69. The second-order valence-electron chi connectivity index (χ2n) is 4.84. The Bertz CT molecular complexity index is 409. The molecule has 1 aliphatic carbocycles. The van der Waals surface area contributed by atoms with Crippen LogP contribution in [0.2, 0.25) is 0 Å². The molecule has 0 aromatic carbocycles. The van der Waals surface area contributed by atoms with Gasteiger partial charge < -0.3 is 4.90 Å². The van der Waals surface area contributed by atoms with E-state index in [1.54, 1.807) is 25.4 Å². The fourth-order valence-corrected chi connectivity index (χ4v) is 2.65. The minimum atomic E-state index is -2.50. The Balaban J connectivity index is 1.80. The molecule has 86 valence electrons. The van der Waals surface area contributed by atoms with Crippen LogP contribution in [-0.2, 0) is 0 Å². The molecule has 3 rings (SSSR count). The monoisotopic (exact) mass is 225 g/mol. The van der Waals surface area contributed by atoms with Crippen LogP contribution in [0.25, 0.3) is 0 Å². The Morgan fingerprint density at radius 1 is 1.38 bits per heavy atom. The molecule has 2 aliphatic rings. The molecule has 1 aromatic rings. The molecule has 2 heterocycles. The SMILES string of the molecule is CC12CCN(c3ncccn3)CC1C2(F)F. The molecule has 0 amide bonds. The van der Waals surface area contributed by atoms with Crippen molar-refractivity contribution >= 4 is 5.95 Å². The van der Waals surface area contributed by atoms with E-state index in [4.69, 9.17) is 0 Å². The topological polar surface area (TPSA) is 29.0 Å². The molecule has 2 unspecified atom stereocenters. The van der Waals surface area contributed by atoms with Crippen molar-refractivity contribution in [3.63, 3.8) is 0 Å². The lowest BCUT2D eigenvalue weighted by atomic mass is 9.98. The average molecular weight is 225 g/mol. The summed E-state index contributed by atoms with van der Waals surface area (Å²) in [5, 5.41) is 0. The number of fused-ring (bicyclic) bond motifs is 1. The summed E-state index contributed by atoms with van der Waals surface area (Å²) in [6.45, 7) is 2.67. The van der Waals surface area contributed by atoms with Gasteiger partial charge in [0.05, 0.1) is 5.92 Å².